The highest BCUT2D eigenvalue weighted by molar-refractivity contribution is 5.23. The quantitative estimate of drug-likeness (QED) is 0.757. The second-order valence-corrected chi connectivity index (χ2v) is 2.80. The van der Waals surface area contributed by atoms with Gasteiger partial charge in [-0.05, 0) is 25.0 Å². The Bertz CT molecular complexity index is 198. The molecule has 0 atom stereocenters. The third-order valence-electron chi connectivity index (χ3n) is 1.72. The molecule has 0 fully saturated rings. The molecule has 1 N–H and O–H groups in total. The van der Waals surface area contributed by atoms with Gasteiger partial charge in [0.25, 0.3) is 0 Å². The molecule has 0 spiro atoms. The number of benzene rings is 1. The van der Waals surface area contributed by atoms with Gasteiger partial charge in [-0.3, -0.25) is 0 Å². The van der Waals surface area contributed by atoms with Crippen LogP contribution in [0.25, 0.3) is 0 Å². The fourth-order valence-electron chi connectivity index (χ4n) is 0.754. The van der Waals surface area contributed by atoms with Crippen LogP contribution in [0, 0.1) is 13.8 Å². The van der Waals surface area contributed by atoms with Gasteiger partial charge in [0.1, 0.15) is 0 Å². The van der Waals surface area contributed by atoms with Gasteiger partial charge in [-0.25, -0.2) is 0 Å². The van der Waals surface area contributed by atoms with E-state index >= 15 is 0 Å². The van der Waals surface area contributed by atoms with E-state index in [2.05, 4.69) is 42.8 Å². The first-order chi connectivity index (χ1) is 6.22. The van der Waals surface area contributed by atoms with Gasteiger partial charge in [0.05, 0.1) is 13.2 Å². The monoisotopic (exact) mass is 182 g/mol. The second-order valence-electron chi connectivity index (χ2n) is 2.80. The number of hydrogen-bond donors (Lipinski definition) is 1. The highest BCUT2D eigenvalue weighted by atomic mass is 16.5. The summed E-state index contributed by atoms with van der Waals surface area (Å²) in [7, 11) is 1.55. The summed E-state index contributed by atoms with van der Waals surface area (Å²) in [5, 5.41) is 7.94. The molecular formula is C11H18O2. The first kappa shape index (κ1) is 12.1. The zero-order valence-electron chi connectivity index (χ0n) is 8.58. The van der Waals surface area contributed by atoms with Gasteiger partial charge in [0, 0.05) is 7.11 Å². The van der Waals surface area contributed by atoms with Crippen LogP contribution in [0.4, 0.5) is 0 Å². The number of aliphatic hydroxyl groups is 1. The van der Waals surface area contributed by atoms with Crippen molar-refractivity contribution in [3.05, 3.63) is 35.4 Å². The SMILES string of the molecule is COCCO.Cc1ccccc1C. The highest BCUT2D eigenvalue weighted by Crippen LogP contribution is 2.02. The van der Waals surface area contributed by atoms with Crippen molar-refractivity contribution in [3.63, 3.8) is 0 Å². The van der Waals surface area contributed by atoms with Crippen molar-refractivity contribution >= 4 is 0 Å². The Labute approximate surface area is 80.2 Å². The lowest BCUT2D eigenvalue weighted by Gasteiger charge is -1.93. The van der Waals surface area contributed by atoms with E-state index in [9.17, 15) is 0 Å². The smallest absolute Gasteiger partial charge is 0.0693 e. The van der Waals surface area contributed by atoms with Crippen molar-refractivity contribution in [2.45, 2.75) is 13.8 Å². The van der Waals surface area contributed by atoms with Crippen molar-refractivity contribution in [1.82, 2.24) is 0 Å². The standard InChI is InChI=1S/C8H10.C3H8O2/c1-7-5-3-4-6-8(7)2;1-5-3-2-4/h3-6H,1-2H3;4H,2-3H2,1H3. The molecule has 1 aromatic rings. The summed E-state index contributed by atoms with van der Waals surface area (Å²) in [6.07, 6.45) is 0. The van der Waals surface area contributed by atoms with Gasteiger partial charge in [0.15, 0.2) is 0 Å². The van der Waals surface area contributed by atoms with Crippen LogP contribution in [0.3, 0.4) is 0 Å². The molecule has 0 radical (unpaired) electrons. The van der Waals surface area contributed by atoms with Crippen LogP contribution in [0.5, 0.6) is 0 Å². The van der Waals surface area contributed by atoms with Crippen LogP contribution in [-0.2, 0) is 4.74 Å². The summed E-state index contributed by atoms with van der Waals surface area (Å²) >= 11 is 0. The van der Waals surface area contributed by atoms with E-state index in [0.29, 0.717) is 6.61 Å². The highest BCUT2D eigenvalue weighted by Gasteiger charge is 1.83. The van der Waals surface area contributed by atoms with Crippen molar-refractivity contribution in [1.29, 1.82) is 0 Å². The van der Waals surface area contributed by atoms with E-state index in [1.165, 1.54) is 11.1 Å². The minimum absolute atomic E-state index is 0.122. The van der Waals surface area contributed by atoms with Crippen LogP contribution in [0.15, 0.2) is 24.3 Å². The predicted molar refractivity (Wildman–Crippen MR) is 54.9 cm³/mol. The number of methoxy groups -OCH3 is 1. The number of rotatable bonds is 2. The normalized spacial score (nSPS) is 8.92. The summed E-state index contributed by atoms with van der Waals surface area (Å²) in [4.78, 5) is 0. The molecule has 2 heteroatoms. The Morgan fingerprint density at radius 3 is 1.77 bits per heavy atom. The molecule has 2 nitrogen and oxygen atoms in total. The van der Waals surface area contributed by atoms with Crippen LogP contribution in [-0.4, -0.2) is 25.4 Å². The van der Waals surface area contributed by atoms with E-state index in [1.54, 1.807) is 7.11 Å². The average molecular weight is 182 g/mol. The second kappa shape index (κ2) is 7.77. The Hall–Kier alpha value is -0.860. The fraction of sp³-hybridized carbons (Fsp3) is 0.455. The topological polar surface area (TPSA) is 29.5 Å². The molecule has 0 aromatic heterocycles. The van der Waals surface area contributed by atoms with E-state index in [0.717, 1.165) is 0 Å². The lowest BCUT2D eigenvalue weighted by Crippen LogP contribution is -1.91. The number of aliphatic hydroxyl groups excluding tert-OH is 1. The van der Waals surface area contributed by atoms with Crippen molar-refractivity contribution in [3.8, 4) is 0 Å². The third-order valence-corrected chi connectivity index (χ3v) is 1.72. The summed E-state index contributed by atoms with van der Waals surface area (Å²) in [6, 6.07) is 8.36. The number of hydrogen-bond acceptors (Lipinski definition) is 2. The molecule has 0 saturated heterocycles. The summed E-state index contributed by atoms with van der Waals surface area (Å²) < 4.78 is 4.44. The Morgan fingerprint density at radius 2 is 1.62 bits per heavy atom. The largest absolute Gasteiger partial charge is 0.394 e. The molecule has 0 saturated carbocycles. The van der Waals surface area contributed by atoms with Crippen LogP contribution < -0.4 is 0 Å². The molecule has 1 rings (SSSR count). The van der Waals surface area contributed by atoms with Crippen molar-refractivity contribution < 1.29 is 9.84 Å². The minimum Gasteiger partial charge on any atom is -0.394 e. The maximum absolute atomic E-state index is 7.94. The molecule has 0 aliphatic rings. The third kappa shape index (κ3) is 6.31. The molecule has 0 unspecified atom stereocenters. The van der Waals surface area contributed by atoms with Crippen molar-refractivity contribution in [2.24, 2.45) is 0 Å². The average Bonchev–Trinajstić information content (AvgIpc) is 2.13. The van der Waals surface area contributed by atoms with Gasteiger partial charge in [0.2, 0.25) is 0 Å². The summed E-state index contributed by atoms with van der Waals surface area (Å²) in [5.41, 5.74) is 2.74. The number of aryl methyl sites for hydroxylation is 2. The number of ether oxygens (including phenoxy) is 1. The first-order valence-electron chi connectivity index (χ1n) is 4.34. The molecule has 0 bridgehead atoms. The van der Waals surface area contributed by atoms with Gasteiger partial charge in [-0.15, -0.1) is 0 Å². The maximum atomic E-state index is 7.94. The molecule has 13 heavy (non-hydrogen) atoms. The lowest BCUT2D eigenvalue weighted by molar-refractivity contribution is 0.135. The Balaban J connectivity index is 0.000000252. The molecular weight excluding hydrogens is 164 g/mol. The zero-order valence-corrected chi connectivity index (χ0v) is 8.58. The van der Waals surface area contributed by atoms with E-state index in [1.807, 2.05) is 0 Å². The summed E-state index contributed by atoms with van der Waals surface area (Å²) in [6.45, 7) is 4.81. The Morgan fingerprint density at radius 1 is 1.15 bits per heavy atom. The molecule has 1 aromatic carbocycles. The summed E-state index contributed by atoms with van der Waals surface area (Å²) in [5.74, 6) is 0. The molecule has 0 amide bonds. The fourth-order valence-corrected chi connectivity index (χ4v) is 0.754. The predicted octanol–water partition coefficient (Wildman–Crippen LogP) is 1.93. The van der Waals surface area contributed by atoms with Crippen LogP contribution >= 0.6 is 0 Å². The van der Waals surface area contributed by atoms with Gasteiger partial charge in [-0.1, -0.05) is 24.3 Å². The Kier molecular flexibility index (Phi) is 7.26. The van der Waals surface area contributed by atoms with Gasteiger partial charge >= 0.3 is 0 Å². The van der Waals surface area contributed by atoms with Crippen LogP contribution in [0.2, 0.25) is 0 Å². The molecule has 0 heterocycles. The zero-order chi connectivity index (χ0) is 10.1. The minimum atomic E-state index is 0.122. The van der Waals surface area contributed by atoms with Crippen molar-refractivity contribution in [2.75, 3.05) is 20.3 Å². The first-order valence-corrected chi connectivity index (χ1v) is 4.34. The van der Waals surface area contributed by atoms with Crippen LogP contribution in [0.1, 0.15) is 11.1 Å². The maximum Gasteiger partial charge on any atom is 0.0693 e. The molecule has 0 aliphatic heterocycles. The van der Waals surface area contributed by atoms with Gasteiger partial charge in [-0.2, -0.15) is 0 Å². The van der Waals surface area contributed by atoms with E-state index in [4.69, 9.17) is 5.11 Å². The van der Waals surface area contributed by atoms with E-state index < -0.39 is 0 Å². The van der Waals surface area contributed by atoms with Gasteiger partial charge < -0.3 is 9.84 Å². The molecule has 0 aliphatic carbocycles. The van der Waals surface area contributed by atoms with E-state index in [-0.39, 0.29) is 6.61 Å². The molecule has 74 valence electrons. The lowest BCUT2D eigenvalue weighted by atomic mass is 10.1.